The lowest BCUT2D eigenvalue weighted by Gasteiger charge is -2.18. The molecule has 174 valence electrons. The molecule has 0 saturated carbocycles. The molecule has 0 spiro atoms. The van der Waals surface area contributed by atoms with Gasteiger partial charge in [0.05, 0.1) is 13.2 Å². The van der Waals surface area contributed by atoms with E-state index in [4.69, 9.17) is 20.7 Å². The first-order chi connectivity index (χ1) is 14.2. The van der Waals surface area contributed by atoms with Crippen LogP contribution in [0.25, 0.3) is 0 Å². The molecule has 0 aliphatic carbocycles. The van der Waals surface area contributed by atoms with Crippen LogP contribution < -0.4 is 27.0 Å². The minimum atomic E-state index is -0.917. The second-order valence-corrected chi connectivity index (χ2v) is 6.71. The van der Waals surface area contributed by atoms with Crippen LogP contribution in [0.2, 0.25) is 0 Å². The van der Waals surface area contributed by atoms with Gasteiger partial charge in [0.25, 0.3) is 0 Å². The van der Waals surface area contributed by atoms with Crippen LogP contribution >= 0.6 is 0 Å². The van der Waals surface area contributed by atoms with Crippen LogP contribution in [0.1, 0.15) is 33.1 Å². The number of nitrogens with one attached hydrogen (secondary N) is 4. The molecule has 0 radical (unpaired) electrons. The molecule has 12 heteroatoms. The number of nitrogens with two attached hydrogens (primary N) is 1. The Kier molecular flexibility index (Phi) is 15.3. The van der Waals surface area contributed by atoms with Crippen LogP contribution in [0.4, 0.5) is 0 Å². The number of rotatable bonds is 16. The molecule has 30 heavy (non-hydrogen) atoms. The maximum atomic E-state index is 12.0. The fraction of sp³-hybridized carbons (Fsp3) is 0.778. The Morgan fingerprint density at radius 1 is 0.933 bits per heavy atom. The van der Waals surface area contributed by atoms with E-state index in [1.165, 1.54) is 13.8 Å². The van der Waals surface area contributed by atoms with E-state index >= 15 is 0 Å². The van der Waals surface area contributed by atoms with Crippen molar-refractivity contribution in [2.75, 3.05) is 39.5 Å². The Morgan fingerprint density at radius 2 is 1.57 bits per heavy atom. The summed E-state index contributed by atoms with van der Waals surface area (Å²) in [5, 5.41) is 27.9. The maximum absolute atomic E-state index is 12.0. The predicted octanol–water partition coefficient (Wildman–Crippen LogP) is -3.27. The van der Waals surface area contributed by atoms with Gasteiger partial charge in [0, 0.05) is 39.1 Å². The van der Waals surface area contributed by atoms with Crippen molar-refractivity contribution in [1.29, 1.82) is 0 Å². The molecule has 0 aromatic rings. The van der Waals surface area contributed by atoms with Crippen molar-refractivity contribution in [3.8, 4) is 0 Å². The predicted molar refractivity (Wildman–Crippen MR) is 108 cm³/mol. The molecule has 0 saturated heterocycles. The lowest BCUT2D eigenvalue weighted by Crippen LogP contribution is -2.52. The third kappa shape index (κ3) is 13.8. The summed E-state index contributed by atoms with van der Waals surface area (Å²) < 4.78 is 5.10. The van der Waals surface area contributed by atoms with E-state index in [0.717, 1.165) is 0 Å². The molecule has 2 unspecified atom stereocenters. The van der Waals surface area contributed by atoms with Crippen LogP contribution in [0.5, 0.6) is 0 Å². The lowest BCUT2D eigenvalue weighted by atomic mass is 10.2. The van der Waals surface area contributed by atoms with Gasteiger partial charge in [0.1, 0.15) is 18.2 Å². The van der Waals surface area contributed by atoms with Gasteiger partial charge < -0.3 is 42.0 Å². The van der Waals surface area contributed by atoms with Gasteiger partial charge in [-0.1, -0.05) is 0 Å². The van der Waals surface area contributed by atoms with E-state index in [2.05, 4.69) is 21.3 Å². The molecule has 0 rings (SSSR count). The zero-order chi connectivity index (χ0) is 22.9. The van der Waals surface area contributed by atoms with E-state index in [-0.39, 0.29) is 44.4 Å². The number of amides is 4. The second kappa shape index (κ2) is 16.5. The molecule has 12 nitrogen and oxygen atoms in total. The summed E-state index contributed by atoms with van der Waals surface area (Å²) >= 11 is 0. The molecule has 8 N–H and O–H groups in total. The standard InChI is InChI=1S/C18H35N5O7/c1-12(17(28)21-8-6-19)23-18(29)13(2)22-16(27)5-4-15(26)20-7-3-9-30-11-14(25)10-24/h12-14,24-25H,3-11,19H2,1-2H3,(H,20,26)(H,21,28)(H,22,27)(H,23,29)/t12-,13?,14?/m0/s1. The van der Waals surface area contributed by atoms with Gasteiger partial charge in [0.2, 0.25) is 23.6 Å². The van der Waals surface area contributed by atoms with Crippen LogP contribution in [-0.4, -0.2) is 91.5 Å². The van der Waals surface area contributed by atoms with E-state index in [0.29, 0.717) is 26.1 Å². The van der Waals surface area contributed by atoms with Crippen molar-refractivity contribution < 1.29 is 34.1 Å². The summed E-state index contributed by atoms with van der Waals surface area (Å²) in [5.41, 5.74) is 5.29. The molecule has 0 bridgehead atoms. The Bertz CT molecular complexity index is 547. The van der Waals surface area contributed by atoms with Crippen LogP contribution in [0.3, 0.4) is 0 Å². The van der Waals surface area contributed by atoms with Crippen LogP contribution in [0, 0.1) is 0 Å². The smallest absolute Gasteiger partial charge is 0.242 e. The molecule has 3 atom stereocenters. The number of aliphatic hydroxyl groups excluding tert-OH is 2. The largest absolute Gasteiger partial charge is 0.394 e. The number of carbonyl (C=O) groups is 4. The van der Waals surface area contributed by atoms with E-state index in [9.17, 15) is 19.2 Å². The molecular weight excluding hydrogens is 398 g/mol. The van der Waals surface area contributed by atoms with Crippen LogP contribution in [-0.2, 0) is 23.9 Å². The highest BCUT2D eigenvalue weighted by atomic mass is 16.5. The van der Waals surface area contributed by atoms with Gasteiger partial charge in [-0.15, -0.1) is 0 Å². The normalized spacial score (nSPS) is 13.6. The zero-order valence-corrected chi connectivity index (χ0v) is 17.6. The van der Waals surface area contributed by atoms with Crippen molar-refractivity contribution in [2.45, 2.75) is 51.3 Å². The Labute approximate surface area is 176 Å². The quantitative estimate of drug-likeness (QED) is 0.123. The van der Waals surface area contributed by atoms with Crippen LogP contribution in [0.15, 0.2) is 0 Å². The summed E-state index contributed by atoms with van der Waals surface area (Å²) in [6.45, 7) is 3.89. The molecule has 4 amide bonds. The minimum absolute atomic E-state index is 0.0214. The fourth-order valence-corrected chi connectivity index (χ4v) is 2.12. The number of hydrogen-bond donors (Lipinski definition) is 7. The van der Waals surface area contributed by atoms with Crippen molar-refractivity contribution in [2.24, 2.45) is 5.73 Å². The summed E-state index contributed by atoms with van der Waals surface area (Å²) in [6, 6.07) is -1.64. The first-order valence-corrected chi connectivity index (χ1v) is 9.92. The van der Waals surface area contributed by atoms with Gasteiger partial charge in [0.15, 0.2) is 0 Å². The van der Waals surface area contributed by atoms with Gasteiger partial charge in [-0.2, -0.15) is 0 Å². The molecule has 0 aliphatic rings. The Hall–Kier alpha value is -2.28. The fourth-order valence-electron chi connectivity index (χ4n) is 2.12. The van der Waals surface area contributed by atoms with Crippen molar-refractivity contribution in [1.82, 2.24) is 21.3 Å². The Morgan fingerprint density at radius 3 is 2.20 bits per heavy atom. The summed E-state index contributed by atoms with van der Waals surface area (Å²) in [5.74, 6) is -1.68. The zero-order valence-electron chi connectivity index (χ0n) is 17.6. The second-order valence-electron chi connectivity index (χ2n) is 6.71. The van der Waals surface area contributed by atoms with E-state index in [1.807, 2.05) is 0 Å². The first kappa shape index (κ1) is 27.7. The average Bonchev–Trinajstić information content (AvgIpc) is 2.72. The van der Waals surface area contributed by atoms with Gasteiger partial charge in [-0.3, -0.25) is 19.2 Å². The summed E-state index contributed by atoms with van der Waals surface area (Å²) in [7, 11) is 0. The molecule has 0 aromatic carbocycles. The third-order valence-corrected chi connectivity index (χ3v) is 3.85. The maximum Gasteiger partial charge on any atom is 0.242 e. The topological polar surface area (TPSA) is 192 Å². The van der Waals surface area contributed by atoms with Crippen molar-refractivity contribution in [3.63, 3.8) is 0 Å². The van der Waals surface area contributed by atoms with Gasteiger partial charge in [-0.25, -0.2) is 0 Å². The Balaban J connectivity index is 3.96. The van der Waals surface area contributed by atoms with Crippen molar-refractivity contribution >= 4 is 23.6 Å². The first-order valence-electron chi connectivity index (χ1n) is 9.92. The third-order valence-electron chi connectivity index (χ3n) is 3.85. The summed E-state index contributed by atoms with van der Waals surface area (Å²) in [4.78, 5) is 47.4. The SMILES string of the molecule is CC(NC(=O)CCC(=O)NCCCOCC(O)CO)C(=O)N[C@@H](C)C(=O)NCCN. The van der Waals surface area contributed by atoms with Gasteiger partial charge in [-0.05, 0) is 20.3 Å². The molecule has 0 aromatic heterocycles. The number of ether oxygens (including phenoxy) is 1. The highest BCUT2D eigenvalue weighted by Gasteiger charge is 2.20. The number of carbonyl (C=O) groups excluding carboxylic acids is 4. The minimum Gasteiger partial charge on any atom is -0.394 e. The highest BCUT2D eigenvalue weighted by molar-refractivity contribution is 5.92. The molecule has 0 aliphatic heterocycles. The van der Waals surface area contributed by atoms with Gasteiger partial charge >= 0.3 is 0 Å². The molecule has 0 fully saturated rings. The number of aliphatic hydroxyl groups is 2. The lowest BCUT2D eigenvalue weighted by molar-refractivity contribution is -0.132. The monoisotopic (exact) mass is 433 g/mol. The molecular formula is C18H35N5O7. The van der Waals surface area contributed by atoms with E-state index in [1.54, 1.807) is 0 Å². The van der Waals surface area contributed by atoms with Crippen molar-refractivity contribution in [3.05, 3.63) is 0 Å². The average molecular weight is 434 g/mol. The highest BCUT2D eigenvalue weighted by Crippen LogP contribution is 1.94. The van der Waals surface area contributed by atoms with E-state index < -0.39 is 30.0 Å². The number of hydrogen-bond acceptors (Lipinski definition) is 8. The summed E-state index contributed by atoms with van der Waals surface area (Å²) in [6.07, 6.45) is -0.527. The molecule has 0 heterocycles.